The molecule has 1 atom stereocenters. The maximum absolute atomic E-state index is 12.6. The number of benzene rings is 2. The summed E-state index contributed by atoms with van der Waals surface area (Å²) in [6.45, 7) is 9.20. The number of hydrogen-bond donors (Lipinski definition) is 2. The van der Waals surface area contributed by atoms with Gasteiger partial charge in [0.2, 0.25) is 11.8 Å². The number of rotatable bonds is 10. The molecule has 0 aliphatic carbocycles. The van der Waals surface area contributed by atoms with E-state index in [1.165, 1.54) is 5.56 Å². The molecule has 0 saturated carbocycles. The van der Waals surface area contributed by atoms with E-state index >= 15 is 0 Å². The average Bonchev–Trinajstić information content (AvgIpc) is 2.69. The van der Waals surface area contributed by atoms with Crippen molar-refractivity contribution in [1.82, 2.24) is 10.2 Å². The molecule has 29 heavy (non-hydrogen) atoms. The smallest absolute Gasteiger partial charge is 0.238 e. The highest BCUT2D eigenvalue weighted by Gasteiger charge is 2.17. The summed E-state index contributed by atoms with van der Waals surface area (Å²) in [7, 11) is 0. The van der Waals surface area contributed by atoms with Gasteiger partial charge in [-0.2, -0.15) is 0 Å². The zero-order valence-electron chi connectivity index (χ0n) is 18.0. The monoisotopic (exact) mass is 395 g/mol. The Morgan fingerprint density at radius 3 is 2.21 bits per heavy atom. The highest BCUT2D eigenvalue weighted by Crippen LogP contribution is 2.17. The molecule has 5 heteroatoms. The van der Waals surface area contributed by atoms with Crippen molar-refractivity contribution in [2.45, 2.75) is 46.6 Å². The van der Waals surface area contributed by atoms with E-state index in [-0.39, 0.29) is 30.9 Å². The molecule has 0 fully saturated rings. The fourth-order valence-electron chi connectivity index (χ4n) is 3.30. The minimum atomic E-state index is -0.105. The van der Waals surface area contributed by atoms with Crippen LogP contribution in [0.15, 0.2) is 48.5 Å². The number of amides is 2. The van der Waals surface area contributed by atoms with Crippen LogP contribution in [0.4, 0.5) is 5.69 Å². The van der Waals surface area contributed by atoms with Crippen LogP contribution in [0.2, 0.25) is 0 Å². The second kappa shape index (κ2) is 11.4. The van der Waals surface area contributed by atoms with Crippen LogP contribution in [0.3, 0.4) is 0 Å². The Kier molecular flexibility index (Phi) is 8.87. The van der Waals surface area contributed by atoms with Crippen molar-refractivity contribution in [3.05, 3.63) is 65.2 Å². The average molecular weight is 396 g/mol. The molecule has 5 nitrogen and oxygen atoms in total. The molecule has 0 spiro atoms. The Labute approximate surface area is 174 Å². The van der Waals surface area contributed by atoms with E-state index in [0.29, 0.717) is 6.54 Å². The van der Waals surface area contributed by atoms with Crippen LogP contribution in [-0.4, -0.2) is 36.3 Å². The quantitative estimate of drug-likeness (QED) is 0.633. The zero-order chi connectivity index (χ0) is 21.2. The second-order valence-electron chi connectivity index (χ2n) is 7.51. The maximum atomic E-state index is 12.6. The fraction of sp³-hybridized carbons (Fsp3) is 0.417. The number of carbonyl (C=O) groups is 2. The molecule has 2 N–H and O–H groups in total. The van der Waals surface area contributed by atoms with E-state index in [0.717, 1.165) is 29.7 Å². The Hall–Kier alpha value is -2.66. The molecule has 2 amide bonds. The standard InChI is InChI=1S/C24H33N3O2/c1-5-15-27(17-24(29)26-22-10-8-7-9-19(22)4)16-23(28)25-21(6-2)20-13-11-18(3)12-14-20/h7-14,21H,5-6,15-17H2,1-4H3,(H,25,28)(H,26,29)/t21-/m0/s1. The number of nitrogens with one attached hydrogen (secondary N) is 2. The third-order valence-electron chi connectivity index (χ3n) is 4.92. The minimum Gasteiger partial charge on any atom is -0.348 e. The summed E-state index contributed by atoms with van der Waals surface area (Å²) in [5.41, 5.74) is 4.13. The van der Waals surface area contributed by atoms with E-state index in [1.54, 1.807) is 0 Å². The lowest BCUT2D eigenvalue weighted by molar-refractivity contribution is -0.124. The van der Waals surface area contributed by atoms with Crippen LogP contribution in [0, 0.1) is 13.8 Å². The van der Waals surface area contributed by atoms with E-state index in [9.17, 15) is 9.59 Å². The van der Waals surface area contributed by atoms with Crippen molar-refractivity contribution in [2.75, 3.05) is 25.0 Å². The van der Waals surface area contributed by atoms with Crippen molar-refractivity contribution >= 4 is 17.5 Å². The van der Waals surface area contributed by atoms with Crippen molar-refractivity contribution in [1.29, 1.82) is 0 Å². The third kappa shape index (κ3) is 7.35. The van der Waals surface area contributed by atoms with E-state index in [4.69, 9.17) is 0 Å². The summed E-state index contributed by atoms with van der Waals surface area (Å²) in [5.74, 6) is -0.166. The first-order valence-corrected chi connectivity index (χ1v) is 10.4. The zero-order valence-corrected chi connectivity index (χ0v) is 18.0. The molecular formula is C24H33N3O2. The van der Waals surface area contributed by atoms with Gasteiger partial charge in [-0.3, -0.25) is 14.5 Å². The molecule has 0 aromatic heterocycles. The van der Waals surface area contributed by atoms with Gasteiger partial charge in [0.05, 0.1) is 19.1 Å². The summed E-state index contributed by atoms with van der Waals surface area (Å²) in [4.78, 5) is 27.0. The summed E-state index contributed by atoms with van der Waals surface area (Å²) < 4.78 is 0. The van der Waals surface area contributed by atoms with Crippen LogP contribution in [0.1, 0.15) is 49.4 Å². The van der Waals surface area contributed by atoms with Crippen molar-refractivity contribution in [3.8, 4) is 0 Å². The normalized spacial score (nSPS) is 11.9. The summed E-state index contributed by atoms with van der Waals surface area (Å²) >= 11 is 0. The van der Waals surface area contributed by atoms with Crippen LogP contribution in [0.25, 0.3) is 0 Å². The molecule has 0 heterocycles. The van der Waals surface area contributed by atoms with Crippen molar-refractivity contribution in [3.63, 3.8) is 0 Å². The number of aryl methyl sites for hydroxylation is 2. The predicted octanol–water partition coefficient (Wildman–Crippen LogP) is 4.22. The van der Waals surface area contributed by atoms with Gasteiger partial charge in [-0.1, -0.05) is 61.9 Å². The lowest BCUT2D eigenvalue weighted by Crippen LogP contribution is -2.42. The molecule has 0 radical (unpaired) electrons. The number of hydrogen-bond acceptors (Lipinski definition) is 3. The van der Waals surface area contributed by atoms with Crippen molar-refractivity contribution in [2.24, 2.45) is 0 Å². The molecule has 2 rings (SSSR count). The fourth-order valence-corrected chi connectivity index (χ4v) is 3.30. The van der Waals surface area contributed by atoms with E-state index in [2.05, 4.69) is 41.8 Å². The molecule has 0 aliphatic rings. The van der Waals surface area contributed by atoms with Gasteiger partial charge in [-0.15, -0.1) is 0 Å². The summed E-state index contributed by atoms with van der Waals surface area (Å²) in [6.07, 6.45) is 1.69. The van der Waals surface area contributed by atoms with Crippen LogP contribution in [-0.2, 0) is 9.59 Å². The Morgan fingerprint density at radius 1 is 0.931 bits per heavy atom. The molecule has 0 bridgehead atoms. The first-order chi connectivity index (χ1) is 13.9. The summed E-state index contributed by atoms with van der Waals surface area (Å²) in [6, 6.07) is 15.9. The third-order valence-corrected chi connectivity index (χ3v) is 4.92. The predicted molar refractivity (Wildman–Crippen MR) is 119 cm³/mol. The second-order valence-corrected chi connectivity index (χ2v) is 7.51. The molecule has 0 aliphatic heterocycles. The highest BCUT2D eigenvalue weighted by molar-refractivity contribution is 5.93. The first-order valence-electron chi connectivity index (χ1n) is 10.4. The van der Waals surface area contributed by atoms with E-state index in [1.807, 2.05) is 49.9 Å². The Bertz CT molecular complexity index is 802. The van der Waals surface area contributed by atoms with E-state index < -0.39 is 0 Å². The van der Waals surface area contributed by atoms with Crippen LogP contribution >= 0.6 is 0 Å². The largest absolute Gasteiger partial charge is 0.348 e. The molecule has 2 aromatic carbocycles. The molecular weight excluding hydrogens is 362 g/mol. The molecule has 156 valence electrons. The lowest BCUT2D eigenvalue weighted by atomic mass is 10.0. The molecule has 2 aromatic rings. The Balaban J connectivity index is 1.94. The molecule has 0 unspecified atom stereocenters. The van der Waals surface area contributed by atoms with Gasteiger partial charge >= 0.3 is 0 Å². The van der Waals surface area contributed by atoms with Crippen LogP contribution in [0.5, 0.6) is 0 Å². The Morgan fingerprint density at radius 2 is 1.59 bits per heavy atom. The lowest BCUT2D eigenvalue weighted by Gasteiger charge is -2.23. The minimum absolute atomic E-state index is 0.0210. The molecule has 0 saturated heterocycles. The topological polar surface area (TPSA) is 61.4 Å². The number of nitrogens with zero attached hydrogens (tertiary/aromatic N) is 1. The van der Waals surface area contributed by atoms with Gasteiger partial charge in [-0.25, -0.2) is 0 Å². The van der Waals surface area contributed by atoms with Gasteiger partial charge in [0, 0.05) is 5.69 Å². The number of para-hydroxylation sites is 1. The van der Waals surface area contributed by atoms with Crippen LogP contribution < -0.4 is 10.6 Å². The number of carbonyl (C=O) groups excluding carboxylic acids is 2. The summed E-state index contributed by atoms with van der Waals surface area (Å²) in [5, 5.41) is 6.05. The number of anilines is 1. The maximum Gasteiger partial charge on any atom is 0.238 e. The van der Waals surface area contributed by atoms with Gasteiger partial charge in [0.1, 0.15) is 0 Å². The van der Waals surface area contributed by atoms with Gasteiger partial charge in [0.15, 0.2) is 0 Å². The van der Waals surface area contributed by atoms with Gasteiger partial charge < -0.3 is 10.6 Å². The van der Waals surface area contributed by atoms with Gasteiger partial charge in [-0.05, 0) is 50.4 Å². The first kappa shape index (κ1) is 22.6. The highest BCUT2D eigenvalue weighted by atomic mass is 16.2. The SMILES string of the molecule is CCCN(CC(=O)Nc1ccccc1C)CC(=O)N[C@@H](CC)c1ccc(C)cc1. The van der Waals surface area contributed by atoms with Crippen molar-refractivity contribution < 1.29 is 9.59 Å². The van der Waals surface area contributed by atoms with Gasteiger partial charge in [0.25, 0.3) is 0 Å².